The summed E-state index contributed by atoms with van der Waals surface area (Å²) in [6, 6.07) is 0. The maximum Gasteiger partial charge on any atom is 0.0814 e. The summed E-state index contributed by atoms with van der Waals surface area (Å²) < 4.78 is 0. The molecule has 0 atom stereocenters. The Morgan fingerprint density at radius 3 is 1.67 bits per heavy atom. The van der Waals surface area contributed by atoms with Crippen molar-refractivity contribution in [2.24, 2.45) is 0 Å². The minimum absolute atomic E-state index is 0. The minimum atomic E-state index is 0. The van der Waals surface area contributed by atoms with Crippen LogP contribution in [0.2, 0.25) is 0 Å². The van der Waals surface area contributed by atoms with Crippen LogP contribution in [0.15, 0.2) is 12.2 Å². The quantitative estimate of drug-likeness (QED) is 0.295. The smallest absolute Gasteiger partial charge is 0.0814 e. The van der Waals surface area contributed by atoms with Crippen LogP contribution < -0.4 is 0 Å². The van der Waals surface area contributed by atoms with Crippen LogP contribution in [-0.4, -0.2) is 8.41 Å². The van der Waals surface area contributed by atoms with Crippen molar-refractivity contribution in [3.63, 3.8) is 0 Å². The Bertz CT molecular complexity index is 41.9. The van der Waals surface area contributed by atoms with E-state index in [2.05, 4.69) is 12.2 Å². The molecule has 0 aromatic heterocycles. The zero-order chi connectivity index (χ0) is 3.54. The lowest BCUT2D eigenvalue weighted by atomic mass is 10.4. The Morgan fingerprint density at radius 1 is 1.00 bits per heavy atom. The second kappa shape index (κ2) is 3.01. The van der Waals surface area contributed by atoms with Crippen molar-refractivity contribution in [1.82, 2.24) is 0 Å². The first-order valence-electron chi connectivity index (χ1n) is 2.15. The molecule has 0 spiro atoms. The predicted octanol–water partition coefficient (Wildman–Crippen LogP) is 0.543. The van der Waals surface area contributed by atoms with Crippen molar-refractivity contribution in [2.45, 2.75) is 19.3 Å². The lowest BCUT2D eigenvalue weighted by molar-refractivity contribution is 0.929. The van der Waals surface area contributed by atoms with Gasteiger partial charge in [-0.25, -0.2) is 0 Å². The van der Waals surface area contributed by atoms with Crippen LogP contribution in [0.1, 0.15) is 19.3 Å². The number of hydrogen-bond acceptors (Lipinski definition) is 0. The van der Waals surface area contributed by atoms with E-state index >= 15 is 0 Å². The van der Waals surface area contributed by atoms with Gasteiger partial charge in [0.15, 0.2) is 0 Å². The Balaban J connectivity index is 0.000000250. The van der Waals surface area contributed by atoms with E-state index in [-0.39, 0.29) is 8.41 Å². The molecule has 0 aliphatic heterocycles. The van der Waals surface area contributed by atoms with E-state index in [1.54, 1.807) is 0 Å². The predicted molar refractivity (Wildman–Crippen MR) is 32.9 cm³/mol. The largest absolute Gasteiger partial charge is 0.0885 e. The second-order valence-corrected chi connectivity index (χ2v) is 1.40. The molecule has 0 nitrogen and oxygen atoms in total. The van der Waals surface area contributed by atoms with E-state index in [1.165, 1.54) is 19.3 Å². The molecule has 0 radical (unpaired) electrons. The van der Waals surface area contributed by atoms with Crippen LogP contribution in [-0.2, 0) is 0 Å². The molecule has 0 bridgehead atoms. The molecule has 0 heterocycles. The maximum atomic E-state index is 2.24. The van der Waals surface area contributed by atoms with E-state index in [4.69, 9.17) is 0 Å². The van der Waals surface area contributed by atoms with Crippen molar-refractivity contribution < 1.29 is 0 Å². The summed E-state index contributed by atoms with van der Waals surface area (Å²) in [7, 11) is 0. The molecule has 34 valence electrons. The monoisotopic (exact) mass is 82.1 g/mol. The maximum absolute atomic E-state index is 2.24. The van der Waals surface area contributed by atoms with Crippen LogP contribution in [0.3, 0.4) is 0 Å². The van der Waals surface area contributed by atoms with E-state index in [0.717, 1.165) is 0 Å². The van der Waals surface area contributed by atoms with Crippen LogP contribution in [0, 0.1) is 0 Å². The third-order valence-corrected chi connectivity index (χ3v) is 0.908. The molecule has 1 heteroatoms. The average molecular weight is 82.0 g/mol. The Kier molecular flexibility index (Phi) is 2.92. The van der Waals surface area contributed by atoms with Gasteiger partial charge >= 0.3 is 0 Å². The highest BCUT2D eigenvalue weighted by Crippen LogP contribution is 2.05. The van der Waals surface area contributed by atoms with Gasteiger partial charge in [0.25, 0.3) is 0 Å². The van der Waals surface area contributed by atoms with Crippen molar-refractivity contribution in [1.29, 1.82) is 0 Å². The molecule has 0 aromatic rings. The molecule has 0 fully saturated rings. The second-order valence-electron chi connectivity index (χ2n) is 1.40. The first kappa shape index (κ1) is 5.80. The minimum Gasteiger partial charge on any atom is -0.0885 e. The first-order chi connectivity index (χ1) is 2.50. The summed E-state index contributed by atoms with van der Waals surface area (Å²) in [6.45, 7) is 0. The average Bonchev–Trinajstić information content (AvgIpc) is 1.76. The number of allylic oxidation sites excluding steroid dienone is 2. The van der Waals surface area contributed by atoms with Gasteiger partial charge in [0.1, 0.15) is 0 Å². The molecule has 1 rings (SSSR count). The highest BCUT2D eigenvalue weighted by atomic mass is 13.9. The zero-order valence-corrected chi connectivity index (χ0v) is 3.28. The van der Waals surface area contributed by atoms with Crippen molar-refractivity contribution in [2.75, 3.05) is 0 Å². The standard InChI is InChI=1S/C5H8.BH3/c1-2-4-5-3-1;/h1-2H,3-5H2;1H3. The fourth-order valence-electron chi connectivity index (χ4n) is 0.589. The van der Waals surface area contributed by atoms with Gasteiger partial charge in [0.2, 0.25) is 0 Å². The van der Waals surface area contributed by atoms with Crippen LogP contribution in [0.25, 0.3) is 0 Å². The van der Waals surface area contributed by atoms with Crippen molar-refractivity contribution in [3.8, 4) is 0 Å². The van der Waals surface area contributed by atoms with Crippen molar-refractivity contribution in [3.05, 3.63) is 12.2 Å². The highest BCUT2D eigenvalue weighted by molar-refractivity contribution is 5.75. The number of hydrogen-bond donors (Lipinski definition) is 0. The Hall–Kier alpha value is -0.195. The van der Waals surface area contributed by atoms with Crippen LogP contribution in [0.4, 0.5) is 0 Å². The van der Waals surface area contributed by atoms with Gasteiger partial charge in [-0.15, -0.1) is 0 Å². The van der Waals surface area contributed by atoms with E-state index in [9.17, 15) is 0 Å². The molecular weight excluding hydrogens is 70.9 g/mol. The summed E-state index contributed by atoms with van der Waals surface area (Å²) in [5, 5.41) is 0. The molecule has 0 unspecified atom stereocenters. The lowest BCUT2D eigenvalue weighted by Crippen LogP contribution is -1.50. The third kappa shape index (κ3) is 1.30. The molecule has 0 saturated carbocycles. The van der Waals surface area contributed by atoms with Gasteiger partial charge in [-0.1, -0.05) is 12.2 Å². The van der Waals surface area contributed by atoms with Gasteiger partial charge in [-0.3, -0.25) is 0 Å². The lowest BCUT2D eigenvalue weighted by Gasteiger charge is -1.69. The van der Waals surface area contributed by atoms with Gasteiger partial charge in [0, 0.05) is 0 Å². The Labute approximate surface area is 40.8 Å². The first-order valence-corrected chi connectivity index (χ1v) is 2.15. The third-order valence-electron chi connectivity index (χ3n) is 0.908. The molecule has 1 aliphatic rings. The molecule has 1 aliphatic carbocycles. The van der Waals surface area contributed by atoms with Gasteiger partial charge < -0.3 is 0 Å². The normalized spacial score (nSPS) is 17.3. The fraction of sp³-hybridized carbons (Fsp3) is 0.600. The van der Waals surface area contributed by atoms with Crippen LogP contribution >= 0.6 is 0 Å². The molecule has 6 heavy (non-hydrogen) atoms. The van der Waals surface area contributed by atoms with Crippen molar-refractivity contribution >= 4 is 8.41 Å². The fourth-order valence-corrected chi connectivity index (χ4v) is 0.589. The van der Waals surface area contributed by atoms with E-state index in [0.29, 0.717) is 0 Å². The van der Waals surface area contributed by atoms with Gasteiger partial charge in [0.05, 0.1) is 8.41 Å². The van der Waals surface area contributed by atoms with E-state index < -0.39 is 0 Å². The van der Waals surface area contributed by atoms with Gasteiger partial charge in [-0.2, -0.15) is 0 Å². The topological polar surface area (TPSA) is 0 Å². The SMILES string of the molecule is B.C1=CCCC1. The summed E-state index contributed by atoms with van der Waals surface area (Å²) in [4.78, 5) is 0. The Morgan fingerprint density at radius 2 is 1.50 bits per heavy atom. The van der Waals surface area contributed by atoms with Crippen LogP contribution in [0.5, 0.6) is 0 Å². The zero-order valence-electron chi connectivity index (χ0n) is 3.28. The summed E-state index contributed by atoms with van der Waals surface area (Å²) in [5.41, 5.74) is 0. The molecule has 0 aromatic carbocycles. The summed E-state index contributed by atoms with van der Waals surface area (Å²) in [5.74, 6) is 0. The van der Waals surface area contributed by atoms with Gasteiger partial charge in [-0.05, 0) is 19.3 Å². The molecular formula is C5H11B. The molecule has 0 N–H and O–H groups in total. The molecule has 0 saturated heterocycles. The highest BCUT2D eigenvalue weighted by Gasteiger charge is 1.84. The van der Waals surface area contributed by atoms with E-state index in [1.807, 2.05) is 0 Å². The summed E-state index contributed by atoms with van der Waals surface area (Å²) in [6.07, 6.45) is 8.50. The molecule has 0 amide bonds. The summed E-state index contributed by atoms with van der Waals surface area (Å²) >= 11 is 0. The number of rotatable bonds is 0.